The van der Waals surface area contributed by atoms with E-state index in [-0.39, 0.29) is 12.6 Å². The molecule has 0 unspecified atom stereocenters. The van der Waals surface area contributed by atoms with Gasteiger partial charge >= 0.3 is 6.09 Å². The Hall–Kier alpha value is -1.26. The molecule has 4 nitrogen and oxygen atoms in total. The van der Waals surface area contributed by atoms with E-state index in [1.807, 2.05) is 24.3 Å². The first-order valence-corrected chi connectivity index (χ1v) is 5.34. The van der Waals surface area contributed by atoms with Crippen LogP contribution in [0.3, 0.4) is 0 Å². The molecule has 3 N–H and O–H groups in total. The van der Waals surface area contributed by atoms with E-state index in [1.165, 1.54) is 7.05 Å². The molecule has 0 spiro atoms. The molecule has 0 aromatic heterocycles. The first kappa shape index (κ1) is 12.8. The molecule has 1 aromatic rings. The fourth-order valence-corrected chi connectivity index (χ4v) is 1.47. The van der Waals surface area contributed by atoms with Crippen LogP contribution in [0, 0.1) is 0 Å². The first-order chi connectivity index (χ1) is 7.63. The van der Waals surface area contributed by atoms with Crippen LogP contribution in [-0.4, -0.2) is 25.8 Å². The normalized spacial score (nSPS) is 11.9. The maximum absolute atomic E-state index is 10.8. The summed E-state index contributed by atoms with van der Waals surface area (Å²) in [6.07, 6.45) is 0.103. The van der Waals surface area contributed by atoms with E-state index in [2.05, 4.69) is 5.32 Å². The van der Waals surface area contributed by atoms with Crippen molar-refractivity contribution in [3.63, 3.8) is 0 Å². The van der Waals surface area contributed by atoms with Gasteiger partial charge < -0.3 is 15.8 Å². The van der Waals surface area contributed by atoms with Crippen LogP contribution in [0.5, 0.6) is 0 Å². The number of alkyl carbamates (subject to hydrolysis) is 1. The van der Waals surface area contributed by atoms with Crippen molar-refractivity contribution in [3.05, 3.63) is 34.9 Å². The Morgan fingerprint density at radius 2 is 2.25 bits per heavy atom. The molecule has 0 aliphatic rings. The SMILES string of the molecule is CNC(=O)OC[C@H](N)Cc1ccccc1Cl. The summed E-state index contributed by atoms with van der Waals surface area (Å²) in [4.78, 5) is 10.8. The van der Waals surface area contributed by atoms with Gasteiger partial charge in [-0.2, -0.15) is 0 Å². The summed E-state index contributed by atoms with van der Waals surface area (Å²) in [7, 11) is 1.50. The second-order valence-electron chi connectivity index (χ2n) is 3.40. The van der Waals surface area contributed by atoms with Crippen LogP contribution in [-0.2, 0) is 11.2 Å². The molecule has 5 heteroatoms. The number of rotatable bonds is 4. The maximum atomic E-state index is 10.8. The topological polar surface area (TPSA) is 64.3 Å². The zero-order valence-corrected chi connectivity index (χ0v) is 9.83. The Morgan fingerprint density at radius 1 is 1.56 bits per heavy atom. The molecule has 0 radical (unpaired) electrons. The van der Waals surface area contributed by atoms with E-state index in [9.17, 15) is 4.79 Å². The lowest BCUT2D eigenvalue weighted by Gasteiger charge is -2.12. The molecule has 0 heterocycles. The number of carbonyl (C=O) groups excluding carboxylic acids is 1. The molecule has 16 heavy (non-hydrogen) atoms. The fourth-order valence-electron chi connectivity index (χ4n) is 1.26. The molecule has 1 amide bonds. The highest BCUT2D eigenvalue weighted by Crippen LogP contribution is 2.16. The van der Waals surface area contributed by atoms with Gasteiger partial charge in [0.25, 0.3) is 0 Å². The van der Waals surface area contributed by atoms with E-state index in [0.717, 1.165) is 5.56 Å². The van der Waals surface area contributed by atoms with Gasteiger partial charge in [-0.15, -0.1) is 0 Å². The molecule has 1 rings (SSSR count). The lowest BCUT2D eigenvalue weighted by Crippen LogP contribution is -2.32. The summed E-state index contributed by atoms with van der Waals surface area (Å²) >= 11 is 5.98. The standard InChI is InChI=1S/C11H15ClN2O2/c1-14-11(15)16-7-9(13)6-8-4-2-3-5-10(8)12/h2-5,9H,6-7,13H2,1H3,(H,14,15)/t9-/m1/s1. The van der Waals surface area contributed by atoms with Crippen LogP contribution in [0.4, 0.5) is 4.79 Å². The van der Waals surface area contributed by atoms with Crippen LogP contribution >= 0.6 is 11.6 Å². The average Bonchev–Trinajstić information content (AvgIpc) is 2.29. The maximum Gasteiger partial charge on any atom is 0.406 e. The average molecular weight is 243 g/mol. The Morgan fingerprint density at radius 3 is 2.88 bits per heavy atom. The number of ether oxygens (including phenoxy) is 1. The minimum Gasteiger partial charge on any atom is -0.448 e. The van der Waals surface area contributed by atoms with Crippen molar-refractivity contribution in [1.82, 2.24) is 5.32 Å². The molecule has 0 bridgehead atoms. The smallest absolute Gasteiger partial charge is 0.406 e. The van der Waals surface area contributed by atoms with Gasteiger partial charge in [-0.3, -0.25) is 0 Å². The lowest BCUT2D eigenvalue weighted by molar-refractivity contribution is 0.141. The molecule has 0 aliphatic carbocycles. The van der Waals surface area contributed by atoms with Crippen LogP contribution < -0.4 is 11.1 Å². The molecule has 1 atom stereocenters. The lowest BCUT2D eigenvalue weighted by atomic mass is 10.1. The number of hydrogen-bond acceptors (Lipinski definition) is 3. The molecule has 88 valence electrons. The summed E-state index contributed by atoms with van der Waals surface area (Å²) in [5, 5.41) is 3.03. The summed E-state index contributed by atoms with van der Waals surface area (Å²) in [6.45, 7) is 0.172. The first-order valence-electron chi connectivity index (χ1n) is 4.97. The van der Waals surface area contributed by atoms with Crippen molar-refractivity contribution in [2.75, 3.05) is 13.7 Å². The van der Waals surface area contributed by atoms with Gasteiger partial charge in [0, 0.05) is 18.1 Å². The largest absolute Gasteiger partial charge is 0.448 e. The third-order valence-electron chi connectivity index (χ3n) is 2.07. The third kappa shape index (κ3) is 4.08. The molecule has 0 saturated carbocycles. The number of nitrogens with one attached hydrogen (secondary N) is 1. The fraction of sp³-hybridized carbons (Fsp3) is 0.364. The predicted octanol–water partition coefficient (Wildman–Crippen LogP) is 1.57. The van der Waals surface area contributed by atoms with Gasteiger partial charge in [-0.1, -0.05) is 29.8 Å². The predicted molar refractivity (Wildman–Crippen MR) is 63.5 cm³/mol. The minimum absolute atomic E-state index is 0.172. The highest BCUT2D eigenvalue weighted by molar-refractivity contribution is 6.31. The van der Waals surface area contributed by atoms with E-state index in [0.29, 0.717) is 11.4 Å². The van der Waals surface area contributed by atoms with Gasteiger partial charge in [-0.05, 0) is 18.1 Å². The van der Waals surface area contributed by atoms with Gasteiger partial charge in [0.2, 0.25) is 0 Å². The van der Waals surface area contributed by atoms with Gasteiger partial charge in [0.05, 0.1) is 0 Å². The zero-order valence-electron chi connectivity index (χ0n) is 9.07. The molecule has 1 aromatic carbocycles. The molecular weight excluding hydrogens is 228 g/mol. The summed E-state index contributed by atoms with van der Waals surface area (Å²) in [6, 6.07) is 7.22. The highest BCUT2D eigenvalue weighted by atomic mass is 35.5. The highest BCUT2D eigenvalue weighted by Gasteiger charge is 2.09. The van der Waals surface area contributed by atoms with E-state index >= 15 is 0 Å². The van der Waals surface area contributed by atoms with Crippen LogP contribution in [0.25, 0.3) is 0 Å². The second-order valence-corrected chi connectivity index (χ2v) is 3.81. The second kappa shape index (κ2) is 6.35. The van der Waals surface area contributed by atoms with Crippen molar-refractivity contribution >= 4 is 17.7 Å². The molecular formula is C11H15ClN2O2. The van der Waals surface area contributed by atoms with Crippen LogP contribution in [0.2, 0.25) is 5.02 Å². The van der Waals surface area contributed by atoms with Crippen molar-refractivity contribution < 1.29 is 9.53 Å². The quantitative estimate of drug-likeness (QED) is 0.842. The van der Waals surface area contributed by atoms with E-state index in [1.54, 1.807) is 0 Å². The number of benzene rings is 1. The Kier molecular flexibility index (Phi) is 5.08. The summed E-state index contributed by atoms with van der Waals surface area (Å²) in [5.41, 5.74) is 6.77. The van der Waals surface area contributed by atoms with Crippen LogP contribution in [0.15, 0.2) is 24.3 Å². The van der Waals surface area contributed by atoms with Crippen molar-refractivity contribution in [2.45, 2.75) is 12.5 Å². The number of hydrogen-bond donors (Lipinski definition) is 2. The van der Waals surface area contributed by atoms with Crippen molar-refractivity contribution in [3.8, 4) is 0 Å². The monoisotopic (exact) mass is 242 g/mol. The van der Waals surface area contributed by atoms with Gasteiger partial charge in [0.15, 0.2) is 0 Å². The number of amides is 1. The summed E-state index contributed by atoms with van der Waals surface area (Å²) in [5.74, 6) is 0. The van der Waals surface area contributed by atoms with Gasteiger partial charge in [-0.25, -0.2) is 4.79 Å². The van der Waals surface area contributed by atoms with Gasteiger partial charge in [0.1, 0.15) is 6.61 Å². The molecule has 0 aliphatic heterocycles. The van der Waals surface area contributed by atoms with Crippen molar-refractivity contribution in [1.29, 1.82) is 0 Å². The number of carbonyl (C=O) groups is 1. The Labute approximate surface area is 99.7 Å². The van der Waals surface area contributed by atoms with Crippen LogP contribution in [0.1, 0.15) is 5.56 Å². The molecule has 0 saturated heterocycles. The minimum atomic E-state index is -0.477. The van der Waals surface area contributed by atoms with Crippen molar-refractivity contribution in [2.24, 2.45) is 5.73 Å². The molecule has 0 fully saturated rings. The Bertz CT molecular complexity index is 358. The number of halogens is 1. The zero-order chi connectivity index (χ0) is 12.0. The summed E-state index contributed by atoms with van der Waals surface area (Å²) < 4.78 is 4.85. The number of nitrogens with two attached hydrogens (primary N) is 1. The Balaban J connectivity index is 2.43. The third-order valence-corrected chi connectivity index (χ3v) is 2.44. The van der Waals surface area contributed by atoms with E-state index in [4.69, 9.17) is 22.1 Å². The van der Waals surface area contributed by atoms with E-state index < -0.39 is 6.09 Å².